The molecule has 0 aliphatic heterocycles. The van der Waals surface area contributed by atoms with Crippen molar-refractivity contribution < 1.29 is 14.3 Å². The zero-order valence-corrected chi connectivity index (χ0v) is 22.1. The van der Waals surface area contributed by atoms with Gasteiger partial charge >= 0.3 is 5.97 Å². The lowest BCUT2D eigenvalue weighted by Crippen LogP contribution is -2.14. The van der Waals surface area contributed by atoms with Crippen molar-refractivity contribution in [3.63, 3.8) is 0 Å². The number of Topliss-reactive ketones (excluding diaryl/α,β-unsaturated/α-hetero) is 1. The van der Waals surface area contributed by atoms with Crippen LogP contribution in [0.15, 0.2) is 139 Å². The molecule has 0 amide bonds. The van der Waals surface area contributed by atoms with E-state index in [1.165, 1.54) is 0 Å². The van der Waals surface area contributed by atoms with Gasteiger partial charge in [0, 0.05) is 28.2 Å². The average Bonchev–Trinajstić information content (AvgIpc) is 3.31. The molecule has 5 aromatic carbocycles. The van der Waals surface area contributed by atoms with E-state index in [0.29, 0.717) is 11.1 Å². The Bertz CT molecular complexity index is 1670. The molecule has 194 valence electrons. The van der Waals surface area contributed by atoms with Crippen molar-refractivity contribution in [1.82, 2.24) is 0 Å². The van der Waals surface area contributed by atoms with Gasteiger partial charge < -0.3 is 9.64 Å². The summed E-state index contributed by atoms with van der Waals surface area (Å²) in [5.41, 5.74) is 7.84. The quantitative estimate of drug-likeness (QED) is 0.159. The first-order valence-corrected chi connectivity index (χ1v) is 13.3. The van der Waals surface area contributed by atoms with E-state index in [9.17, 15) is 9.59 Å². The highest BCUT2D eigenvalue weighted by atomic mass is 16.5. The van der Waals surface area contributed by atoms with Crippen LogP contribution in [-0.4, -0.2) is 18.4 Å². The molecule has 0 bridgehead atoms. The largest absolute Gasteiger partial charge is 0.462 e. The maximum absolute atomic E-state index is 13.6. The van der Waals surface area contributed by atoms with Gasteiger partial charge in [0.1, 0.15) is 5.57 Å². The maximum atomic E-state index is 13.6. The minimum Gasteiger partial charge on any atom is -0.462 e. The Balaban J connectivity index is 1.37. The number of ether oxygens (including phenoxy) is 1. The molecule has 4 nitrogen and oxygen atoms in total. The van der Waals surface area contributed by atoms with Crippen LogP contribution in [0.5, 0.6) is 0 Å². The van der Waals surface area contributed by atoms with Gasteiger partial charge in [0.25, 0.3) is 0 Å². The number of esters is 1. The average molecular weight is 522 g/mol. The minimum atomic E-state index is -0.588. The fourth-order valence-corrected chi connectivity index (χ4v) is 5.22. The summed E-state index contributed by atoms with van der Waals surface area (Å²) in [5, 5.41) is 0. The highest BCUT2D eigenvalue weighted by Gasteiger charge is 2.35. The Morgan fingerprint density at radius 2 is 1.12 bits per heavy atom. The van der Waals surface area contributed by atoms with E-state index in [1.54, 1.807) is 6.92 Å². The molecule has 0 radical (unpaired) electrons. The molecule has 0 atom stereocenters. The molecule has 0 aromatic heterocycles. The van der Waals surface area contributed by atoms with Crippen molar-refractivity contribution in [1.29, 1.82) is 0 Å². The molecular formula is C36H27NO3. The molecule has 5 aromatic rings. The first-order chi connectivity index (χ1) is 19.7. The van der Waals surface area contributed by atoms with Crippen molar-refractivity contribution in [2.24, 2.45) is 0 Å². The van der Waals surface area contributed by atoms with E-state index >= 15 is 0 Å². The van der Waals surface area contributed by atoms with Gasteiger partial charge in [-0.3, -0.25) is 4.79 Å². The second-order valence-corrected chi connectivity index (χ2v) is 9.48. The molecule has 0 spiro atoms. The molecule has 0 unspecified atom stereocenters. The third-order valence-electron chi connectivity index (χ3n) is 7.04. The Labute approximate surface area is 233 Å². The molecule has 6 rings (SSSR count). The van der Waals surface area contributed by atoms with Crippen LogP contribution in [0.25, 0.3) is 16.7 Å². The van der Waals surface area contributed by atoms with Crippen LogP contribution >= 0.6 is 0 Å². The first kappa shape index (κ1) is 25.1. The molecular weight excluding hydrogens is 494 g/mol. The van der Waals surface area contributed by atoms with Gasteiger partial charge in [-0.1, -0.05) is 91.0 Å². The number of para-hydroxylation sites is 2. The van der Waals surface area contributed by atoms with Crippen molar-refractivity contribution >= 4 is 34.4 Å². The topological polar surface area (TPSA) is 46.6 Å². The molecule has 1 aliphatic carbocycles. The van der Waals surface area contributed by atoms with Crippen molar-refractivity contribution in [3.8, 4) is 11.1 Å². The second-order valence-electron chi connectivity index (χ2n) is 9.48. The number of fused-ring (bicyclic) bond motifs is 1. The number of hydrogen-bond donors (Lipinski definition) is 0. The molecule has 1 aliphatic rings. The lowest BCUT2D eigenvalue weighted by molar-refractivity contribution is -0.137. The smallest absolute Gasteiger partial charge is 0.342 e. The summed E-state index contributed by atoms with van der Waals surface area (Å²) < 4.78 is 5.28. The summed E-state index contributed by atoms with van der Waals surface area (Å²) in [5.74, 6) is -0.888. The van der Waals surface area contributed by atoms with Gasteiger partial charge in [-0.05, 0) is 71.6 Å². The summed E-state index contributed by atoms with van der Waals surface area (Å²) in [6.45, 7) is 1.94. The zero-order chi connectivity index (χ0) is 27.5. The predicted molar refractivity (Wildman–Crippen MR) is 160 cm³/mol. The molecule has 4 heteroatoms. The number of hydrogen-bond acceptors (Lipinski definition) is 4. The lowest BCUT2D eigenvalue weighted by Gasteiger charge is -2.25. The lowest BCUT2D eigenvalue weighted by atomic mass is 9.95. The monoisotopic (exact) mass is 521 g/mol. The third-order valence-corrected chi connectivity index (χ3v) is 7.04. The van der Waals surface area contributed by atoms with Crippen LogP contribution in [0, 0.1) is 0 Å². The molecule has 0 N–H and O–H groups in total. The van der Waals surface area contributed by atoms with Crippen molar-refractivity contribution in [2.75, 3.05) is 11.5 Å². The Hall–Kier alpha value is -5.22. The summed E-state index contributed by atoms with van der Waals surface area (Å²) in [6, 6.07) is 44.2. The Morgan fingerprint density at radius 3 is 1.70 bits per heavy atom. The fourth-order valence-electron chi connectivity index (χ4n) is 5.22. The van der Waals surface area contributed by atoms with Gasteiger partial charge in [0.05, 0.1) is 6.61 Å². The highest BCUT2D eigenvalue weighted by molar-refractivity contribution is 6.35. The Morgan fingerprint density at radius 1 is 0.600 bits per heavy atom. The normalized spacial score (nSPS) is 12.3. The van der Waals surface area contributed by atoms with Crippen LogP contribution in [0.2, 0.25) is 0 Å². The first-order valence-electron chi connectivity index (χ1n) is 13.3. The molecule has 40 heavy (non-hydrogen) atoms. The van der Waals surface area contributed by atoms with Crippen LogP contribution in [0.4, 0.5) is 17.1 Å². The maximum Gasteiger partial charge on any atom is 0.342 e. The molecule has 0 heterocycles. The van der Waals surface area contributed by atoms with Crippen LogP contribution in [-0.2, 0) is 9.53 Å². The zero-order valence-electron chi connectivity index (χ0n) is 22.1. The number of ketones is 1. The van der Waals surface area contributed by atoms with Crippen LogP contribution in [0.1, 0.15) is 28.4 Å². The standard InChI is InChI=1S/C36H27NO3/c1-2-40-36(39)34-33(26-12-6-3-7-13-26)31-23-20-27(24-32(31)35(34)38)25-18-21-30(22-19-25)37(28-14-8-4-9-15-28)29-16-10-5-11-17-29/h3-24H,2H2,1H3. The molecule has 0 saturated heterocycles. The van der Waals surface area contributed by atoms with E-state index in [1.807, 2.05) is 84.9 Å². The summed E-state index contributed by atoms with van der Waals surface area (Å²) >= 11 is 0. The van der Waals surface area contributed by atoms with Crippen LogP contribution in [0.3, 0.4) is 0 Å². The van der Waals surface area contributed by atoms with E-state index in [-0.39, 0.29) is 18.0 Å². The van der Waals surface area contributed by atoms with Gasteiger partial charge in [-0.25, -0.2) is 4.79 Å². The SMILES string of the molecule is CCOC(=O)C1=C(c2ccccc2)c2ccc(-c3ccc(N(c4ccccc4)c4ccccc4)cc3)cc2C1=O. The van der Waals surface area contributed by atoms with E-state index in [2.05, 4.69) is 53.4 Å². The van der Waals surface area contributed by atoms with Crippen molar-refractivity contribution in [3.05, 3.63) is 156 Å². The number of rotatable bonds is 7. The Kier molecular flexibility index (Phi) is 6.82. The molecule has 0 saturated carbocycles. The molecule has 0 fully saturated rings. The van der Waals surface area contributed by atoms with Gasteiger partial charge in [-0.2, -0.15) is 0 Å². The number of carbonyl (C=O) groups is 2. The summed E-state index contributed by atoms with van der Waals surface area (Å²) in [7, 11) is 0. The fraction of sp³-hybridized carbons (Fsp3) is 0.0556. The van der Waals surface area contributed by atoms with E-state index in [0.717, 1.165) is 39.3 Å². The van der Waals surface area contributed by atoms with E-state index < -0.39 is 5.97 Å². The number of carbonyl (C=O) groups excluding carboxylic acids is 2. The van der Waals surface area contributed by atoms with Gasteiger partial charge in [0.2, 0.25) is 5.78 Å². The number of nitrogens with zero attached hydrogens (tertiary/aromatic N) is 1. The third kappa shape index (κ3) is 4.61. The van der Waals surface area contributed by atoms with Gasteiger partial charge in [-0.15, -0.1) is 0 Å². The van der Waals surface area contributed by atoms with E-state index in [4.69, 9.17) is 4.74 Å². The second kappa shape index (κ2) is 10.9. The summed E-state index contributed by atoms with van der Waals surface area (Å²) in [6.07, 6.45) is 0. The number of anilines is 3. The van der Waals surface area contributed by atoms with Crippen LogP contribution < -0.4 is 4.90 Å². The van der Waals surface area contributed by atoms with Gasteiger partial charge in [0.15, 0.2) is 0 Å². The summed E-state index contributed by atoms with van der Waals surface area (Å²) in [4.78, 5) is 28.7. The number of benzene rings is 5. The predicted octanol–water partition coefficient (Wildman–Crippen LogP) is 8.38. The highest BCUT2D eigenvalue weighted by Crippen LogP contribution is 2.41. The van der Waals surface area contributed by atoms with Crippen molar-refractivity contribution in [2.45, 2.75) is 6.92 Å². The minimum absolute atomic E-state index is 0.0944.